The van der Waals surface area contributed by atoms with Crippen molar-refractivity contribution in [1.82, 2.24) is 10.2 Å². The van der Waals surface area contributed by atoms with Crippen LogP contribution in [0.2, 0.25) is 0 Å². The van der Waals surface area contributed by atoms with Crippen LogP contribution in [0.1, 0.15) is 23.5 Å². The molecule has 5 rings (SSSR count). The Morgan fingerprint density at radius 2 is 1.68 bits per heavy atom. The molecule has 2 atom stereocenters. The summed E-state index contributed by atoms with van der Waals surface area (Å²) in [7, 11) is 0. The minimum Gasteiger partial charge on any atom is -0.480 e. The zero-order chi connectivity index (χ0) is 23.7. The number of ether oxygens (including phenoxy) is 3. The van der Waals surface area contributed by atoms with Crippen molar-refractivity contribution >= 4 is 18.0 Å². The van der Waals surface area contributed by atoms with E-state index in [1.54, 1.807) is 4.90 Å². The Hall–Kier alpha value is -3.43. The van der Waals surface area contributed by atoms with Gasteiger partial charge in [0.15, 0.2) is 6.10 Å². The zero-order valence-electron chi connectivity index (χ0n) is 18.5. The van der Waals surface area contributed by atoms with Crippen molar-refractivity contribution < 1.29 is 33.7 Å². The molecule has 2 aliphatic heterocycles. The topological polar surface area (TPSA) is 114 Å². The fourth-order valence-corrected chi connectivity index (χ4v) is 4.86. The molecule has 0 radical (unpaired) electrons. The van der Waals surface area contributed by atoms with Gasteiger partial charge in [0.25, 0.3) is 5.91 Å². The van der Waals surface area contributed by atoms with E-state index in [0.29, 0.717) is 26.1 Å². The number of alkyl carbamates (subject to hydrolysis) is 1. The Kier molecular flexibility index (Phi) is 6.21. The lowest BCUT2D eigenvalue weighted by Gasteiger charge is -2.40. The summed E-state index contributed by atoms with van der Waals surface area (Å²) < 4.78 is 16.4. The average Bonchev–Trinajstić information content (AvgIpc) is 3.39. The normalized spacial score (nSPS) is 21.5. The SMILES string of the molecule is O=C(O)COC1CN(C(=O)C2OCCC2NC(=O)OCC2c3ccccc3-c3ccccc32)C1. The molecule has 2 unspecified atom stereocenters. The Labute approximate surface area is 196 Å². The molecule has 2 fully saturated rings. The molecule has 0 bridgehead atoms. The van der Waals surface area contributed by atoms with Gasteiger partial charge in [-0.1, -0.05) is 48.5 Å². The number of carboxylic acid groups (broad SMARTS) is 1. The van der Waals surface area contributed by atoms with E-state index in [0.717, 1.165) is 22.3 Å². The minimum absolute atomic E-state index is 0.0424. The summed E-state index contributed by atoms with van der Waals surface area (Å²) in [4.78, 5) is 37.5. The predicted molar refractivity (Wildman–Crippen MR) is 120 cm³/mol. The van der Waals surface area contributed by atoms with Crippen molar-refractivity contribution in [3.63, 3.8) is 0 Å². The second kappa shape index (κ2) is 9.44. The number of nitrogens with one attached hydrogen (secondary N) is 1. The Balaban J connectivity index is 1.15. The van der Waals surface area contributed by atoms with Crippen LogP contribution in [-0.4, -0.2) is 79.1 Å². The number of hydrogen-bond donors (Lipinski definition) is 2. The summed E-state index contributed by atoms with van der Waals surface area (Å²) in [6, 6.07) is 15.8. The van der Waals surface area contributed by atoms with E-state index >= 15 is 0 Å². The smallest absolute Gasteiger partial charge is 0.407 e. The number of likely N-dealkylation sites (tertiary alicyclic amines) is 1. The lowest BCUT2D eigenvalue weighted by Crippen LogP contribution is -2.60. The van der Waals surface area contributed by atoms with Gasteiger partial charge in [0.05, 0.1) is 12.1 Å². The van der Waals surface area contributed by atoms with E-state index in [4.69, 9.17) is 19.3 Å². The summed E-state index contributed by atoms with van der Waals surface area (Å²) in [5.74, 6) is -1.33. The van der Waals surface area contributed by atoms with Crippen LogP contribution in [0.15, 0.2) is 48.5 Å². The van der Waals surface area contributed by atoms with Crippen LogP contribution in [0, 0.1) is 0 Å². The molecule has 0 spiro atoms. The van der Waals surface area contributed by atoms with Crippen LogP contribution in [0.5, 0.6) is 0 Å². The number of carbonyl (C=O) groups is 3. The van der Waals surface area contributed by atoms with Gasteiger partial charge in [0, 0.05) is 25.6 Å². The van der Waals surface area contributed by atoms with Crippen LogP contribution in [0.3, 0.4) is 0 Å². The maximum absolute atomic E-state index is 12.8. The number of aliphatic carboxylic acids is 1. The van der Waals surface area contributed by atoms with Gasteiger partial charge in [0.2, 0.25) is 0 Å². The summed E-state index contributed by atoms with van der Waals surface area (Å²) in [6.07, 6.45) is -1.16. The Morgan fingerprint density at radius 3 is 2.32 bits per heavy atom. The summed E-state index contributed by atoms with van der Waals surface area (Å²) in [6.45, 7) is 0.782. The molecule has 3 aliphatic rings. The number of hydrogen-bond acceptors (Lipinski definition) is 6. The third-order valence-corrected chi connectivity index (χ3v) is 6.58. The maximum atomic E-state index is 12.8. The Bertz CT molecular complexity index is 1050. The summed E-state index contributed by atoms with van der Waals surface area (Å²) in [5, 5.41) is 11.5. The zero-order valence-corrected chi connectivity index (χ0v) is 18.5. The molecular weight excluding hydrogens is 440 g/mol. The lowest BCUT2D eigenvalue weighted by molar-refractivity contribution is -0.160. The molecule has 0 aromatic heterocycles. The number of carboxylic acids is 1. The van der Waals surface area contributed by atoms with Crippen LogP contribution >= 0.6 is 0 Å². The largest absolute Gasteiger partial charge is 0.480 e. The molecule has 9 nitrogen and oxygen atoms in total. The highest BCUT2D eigenvalue weighted by molar-refractivity contribution is 5.84. The van der Waals surface area contributed by atoms with E-state index < -0.39 is 30.8 Å². The first-order chi connectivity index (χ1) is 16.5. The van der Waals surface area contributed by atoms with Crippen molar-refractivity contribution in [1.29, 1.82) is 0 Å². The standard InChI is InChI=1S/C25H26N2O7/c28-22(29)14-33-15-11-27(12-15)24(30)23-21(9-10-32-23)26-25(31)34-13-20-18-7-3-1-5-16(18)17-6-2-4-8-19(17)20/h1-8,15,20-21,23H,9-14H2,(H,26,31)(H,28,29). The fraction of sp³-hybridized carbons (Fsp3) is 0.400. The van der Waals surface area contributed by atoms with E-state index in [1.165, 1.54) is 0 Å². The molecule has 2 N–H and O–H groups in total. The second-order valence-electron chi connectivity index (χ2n) is 8.73. The molecular formula is C25H26N2O7. The van der Waals surface area contributed by atoms with Gasteiger partial charge in [0.1, 0.15) is 13.2 Å². The van der Waals surface area contributed by atoms with Crippen molar-refractivity contribution in [2.75, 3.05) is 32.9 Å². The van der Waals surface area contributed by atoms with Gasteiger partial charge >= 0.3 is 12.1 Å². The number of benzene rings is 2. The first-order valence-electron chi connectivity index (χ1n) is 11.4. The third kappa shape index (κ3) is 4.36. The number of fused-ring (bicyclic) bond motifs is 3. The highest BCUT2D eigenvalue weighted by Gasteiger charge is 2.42. The predicted octanol–water partition coefficient (Wildman–Crippen LogP) is 1.99. The van der Waals surface area contributed by atoms with E-state index in [-0.39, 0.29) is 24.5 Å². The maximum Gasteiger partial charge on any atom is 0.407 e. The quantitative estimate of drug-likeness (QED) is 0.641. The van der Waals surface area contributed by atoms with Crippen molar-refractivity contribution in [2.24, 2.45) is 0 Å². The molecule has 1 aliphatic carbocycles. The molecule has 9 heteroatoms. The third-order valence-electron chi connectivity index (χ3n) is 6.58. The Morgan fingerprint density at radius 1 is 1.03 bits per heavy atom. The van der Waals surface area contributed by atoms with Gasteiger partial charge in [-0.2, -0.15) is 0 Å². The summed E-state index contributed by atoms with van der Waals surface area (Å²) >= 11 is 0. The van der Waals surface area contributed by atoms with Gasteiger partial charge in [-0.3, -0.25) is 4.79 Å². The van der Waals surface area contributed by atoms with Crippen LogP contribution < -0.4 is 5.32 Å². The highest BCUT2D eigenvalue weighted by Crippen LogP contribution is 2.44. The van der Waals surface area contributed by atoms with Gasteiger partial charge in [-0.15, -0.1) is 0 Å². The van der Waals surface area contributed by atoms with Crippen LogP contribution in [0.25, 0.3) is 11.1 Å². The van der Waals surface area contributed by atoms with E-state index in [2.05, 4.69) is 29.6 Å². The monoisotopic (exact) mass is 466 g/mol. The van der Waals surface area contributed by atoms with Crippen LogP contribution in [0.4, 0.5) is 4.79 Å². The lowest BCUT2D eigenvalue weighted by atomic mass is 9.98. The average molecular weight is 466 g/mol. The molecule has 2 aromatic rings. The molecule has 2 amide bonds. The molecule has 0 saturated carbocycles. The van der Waals surface area contributed by atoms with Crippen LogP contribution in [-0.2, 0) is 23.8 Å². The molecule has 2 heterocycles. The van der Waals surface area contributed by atoms with Crippen molar-refractivity contribution in [3.05, 3.63) is 59.7 Å². The number of rotatable bonds is 7. The molecule has 2 saturated heterocycles. The molecule has 2 aromatic carbocycles. The molecule has 34 heavy (non-hydrogen) atoms. The van der Waals surface area contributed by atoms with E-state index in [9.17, 15) is 14.4 Å². The number of nitrogens with zero attached hydrogens (tertiary/aromatic N) is 1. The first-order valence-corrected chi connectivity index (χ1v) is 11.4. The highest BCUT2D eigenvalue weighted by atomic mass is 16.6. The second-order valence-corrected chi connectivity index (χ2v) is 8.73. The summed E-state index contributed by atoms with van der Waals surface area (Å²) in [5.41, 5.74) is 4.57. The van der Waals surface area contributed by atoms with Gasteiger partial charge < -0.3 is 29.5 Å². The van der Waals surface area contributed by atoms with Gasteiger partial charge in [-0.05, 0) is 28.7 Å². The minimum atomic E-state index is -1.05. The van der Waals surface area contributed by atoms with Crippen molar-refractivity contribution in [2.45, 2.75) is 30.6 Å². The number of amides is 2. The van der Waals surface area contributed by atoms with E-state index in [1.807, 2.05) is 24.3 Å². The first kappa shape index (κ1) is 22.4. The molecule has 178 valence electrons. The number of carbonyl (C=O) groups excluding carboxylic acids is 2. The van der Waals surface area contributed by atoms with Gasteiger partial charge in [-0.25, -0.2) is 9.59 Å². The van der Waals surface area contributed by atoms with Crippen molar-refractivity contribution in [3.8, 4) is 11.1 Å². The fourth-order valence-electron chi connectivity index (χ4n) is 4.86.